The number of esters is 1. The lowest BCUT2D eigenvalue weighted by atomic mass is 10.0. The van der Waals surface area contributed by atoms with Crippen LogP contribution in [0.1, 0.15) is 29.8 Å². The van der Waals surface area contributed by atoms with E-state index in [0.717, 1.165) is 5.39 Å². The van der Waals surface area contributed by atoms with Gasteiger partial charge in [0.15, 0.2) is 0 Å². The van der Waals surface area contributed by atoms with E-state index in [1.54, 1.807) is 12.1 Å². The van der Waals surface area contributed by atoms with Crippen LogP contribution in [0.2, 0.25) is 0 Å². The number of aromatic amines is 1. The molecule has 5 heteroatoms. The molecule has 20 heavy (non-hydrogen) atoms. The molecule has 1 aromatic carbocycles. The summed E-state index contributed by atoms with van der Waals surface area (Å²) in [5, 5.41) is 0.730. The van der Waals surface area contributed by atoms with Gasteiger partial charge in [-0.3, -0.25) is 4.79 Å². The van der Waals surface area contributed by atoms with Crippen molar-refractivity contribution in [1.82, 2.24) is 4.98 Å². The van der Waals surface area contributed by atoms with Crippen molar-refractivity contribution in [3.63, 3.8) is 0 Å². The van der Waals surface area contributed by atoms with Crippen LogP contribution in [-0.4, -0.2) is 23.7 Å². The van der Waals surface area contributed by atoms with Crippen LogP contribution in [0.15, 0.2) is 23.0 Å². The summed E-state index contributed by atoms with van der Waals surface area (Å²) in [5.74, 6) is 0.0861. The zero-order chi connectivity index (χ0) is 14.5. The van der Waals surface area contributed by atoms with Crippen LogP contribution >= 0.6 is 0 Å². The topological polar surface area (TPSA) is 68.4 Å². The second-order valence-corrected chi connectivity index (χ2v) is 5.52. The number of hydrogen-bond donors (Lipinski definition) is 1. The molecule has 2 heterocycles. The zero-order valence-corrected chi connectivity index (χ0v) is 11.6. The van der Waals surface area contributed by atoms with Crippen molar-refractivity contribution in [1.29, 1.82) is 0 Å². The smallest absolute Gasteiger partial charge is 0.339 e. The van der Waals surface area contributed by atoms with Gasteiger partial charge in [-0.2, -0.15) is 0 Å². The predicted octanol–water partition coefficient (Wildman–Crippen LogP) is 2.03. The quantitative estimate of drug-likeness (QED) is 0.807. The van der Waals surface area contributed by atoms with Gasteiger partial charge in [0.25, 0.3) is 5.56 Å². The largest absolute Gasteiger partial charge is 0.486 e. The first-order valence-electron chi connectivity index (χ1n) is 6.38. The number of para-hydroxylation sites is 1. The van der Waals surface area contributed by atoms with E-state index in [1.807, 2.05) is 19.9 Å². The summed E-state index contributed by atoms with van der Waals surface area (Å²) >= 11 is 0. The standard InChI is InChI=1S/C15H15NO4/c1-15(2)7-10-12(20-15)8-5-4-6-9(14(18)19-3)11(8)16-13(10)17/h4-6H,7H2,1-3H3,(H,16,17). The number of carbonyl (C=O) groups excluding carboxylic acids is 1. The molecule has 0 saturated heterocycles. The van der Waals surface area contributed by atoms with Crippen molar-refractivity contribution in [2.75, 3.05) is 7.11 Å². The van der Waals surface area contributed by atoms with Gasteiger partial charge in [-0.1, -0.05) is 6.07 Å². The van der Waals surface area contributed by atoms with Gasteiger partial charge in [0.05, 0.1) is 23.8 Å². The molecule has 0 unspecified atom stereocenters. The van der Waals surface area contributed by atoms with Crippen molar-refractivity contribution in [3.05, 3.63) is 39.7 Å². The Balaban J connectivity index is 2.35. The van der Waals surface area contributed by atoms with Crippen LogP contribution in [-0.2, 0) is 11.2 Å². The molecule has 0 aliphatic carbocycles. The fourth-order valence-corrected chi connectivity index (χ4v) is 2.63. The molecular formula is C15H15NO4. The maximum atomic E-state index is 12.2. The third-order valence-electron chi connectivity index (χ3n) is 3.48. The molecule has 2 aromatic rings. The summed E-state index contributed by atoms with van der Waals surface area (Å²) in [4.78, 5) is 26.7. The third-order valence-corrected chi connectivity index (χ3v) is 3.48. The molecule has 0 spiro atoms. The van der Waals surface area contributed by atoms with Crippen molar-refractivity contribution in [2.24, 2.45) is 0 Å². The molecule has 0 bridgehead atoms. The summed E-state index contributed by atoms with van der Waals surface area (Å²) in [6.07, 6.45) is 0.552. The van der Waals surface area contributed by atoms with E-state index in [4.69, 9.17) is 9.47 Å². The Morgan fingerprint density at radius 3 is 2.85 bits per heavy atom. The molecule has 0 saturated carbocycles. The lowest BCUT2D eigenvalue weighted by molar-refractivity contribution is 0.0603. The Bertz CT molecular complexity index is 773. The molecule has 1 aromatic heterocycles. The molecule has 0 radical (unpaired) electrons. The highest BCUT2D eigenvalue weighted by molar-refractivity contribution is 6.04. The molecule has 0 atom stereocenters. The molecule has 0 fully saturated rings. The van der Waals surface area contributed by atoms with Gasteiger partial charge in [-0.05, 0) is 26.0 Å². The third kappa shape index (κ3) is 1.78. The normalized spacial score (nSPS) is 15.8. The monoisotopic (exact) mass is 273 g/mol. The molecule has 0 amide bonds. The summed E-state index contributed by atoms with van der Waals surface area (Å²) in [7, 11) is 1.31. The number of rotatable bonds is 1. The average molecular weight is 273 g/mol. The van der Waals surface area contributed by atoms with Crippen molar-refractivity contribution in [2.45, 2.75) is 25.9 Å². The number of ether oxygens (including phenoxy) is 2. The van der Waals surface area contributed by atoms with Crippen LogP contribution in [0.25, 0.3) is 10.9 Å². The number of hydrogen-bond acceptors (Lipinski definition) is 4. The summed E-state index contributed by atoms with van der Waals surface area (Å²) in [6, 6.07) is 5.20. The van der Waals surface area contributed by atoms with Gasteiger partial charge >= 0.3 is 5.97 Å². The maximum Gasteiger partial charge on any atom is 0.339 e. The molecule has 5 nitrogen and oxygen atoms in total. The van der Waals surface area contributed by atoms with E-state index in [0.29, 0.717) is 28.8 Å². The fraction of sp³-hybridized carbons (Fsp3) is 0.333. The number of pyridine rings is 1. The molecule has 1 N–H and O–H groups in total. The lowest BCUT2D eigenvalue weighted by Crippen LogP contribution is -2.25. The van der Waals surface area contributed by atoms with E-state index in [2.05, 4.69) is 4.98 Å². The lowest BCUT2D eigenvalue weighted by Gasteiger charge is -2.17. The number of carbonyl (C=O) groups is 1. The zero-order valence-electron chi connectivity index (χ0n) is 11.6. The maximum absolute atomic E-state index is 12.2. The first kappa shape index (κ1) is 12.7. The minimum Gasteiger partial charge on any atom is -0.486 e. The van der Waals surface area contributed by atoms with Crippen molar-refractivity contribution in [3.8, 4) is 5.75 Å². The average Bonchev–Trinajstić information content (AvgIpc) is 2.74. The fourth-order valence-electron chi connectivity index (χ4n) is 2.63. The van der Waals surface area contributed by atoms with Gasteiger partial charge in [0.2, 0.25) is 0 Å². The van der Waals surface area contributed by atoms with Gasteiger partial charge in [-0.25, -0.2) is 4.79 Å². The second kappa shape index (κ2) is 4.10. The molecule has 104 valence electrons. The molecule has 3 rings (SSSR count). The van der Waals surface area contributed by atoms with Gasteiger partial charge < -0.3 is 14.5 Å². The number of H-pyrrole nitrogens is 1. The number of nitrogens with one attached hydrogen (secondary N) is 1. The van der Waals surface area contributed by atoms with Gasteiger partial charge in [0.1, 0.15) is 11.4 Å². The molecular weight excluding hydrogens is 258 g/mol. The molecule has 1 aliphatic heterocycles. The van der Waals surface area contributed by atoms with Crippen LogP contribution in [0.3, 0.4) is 0 Å². The number of benzene rings is 1. The summed E-state index contributed by atoms with van der Waals surface area (Å²) < 4.78 is 10.6. The molecule has 1 aliphatic rings. The highest BCUT2D eigenvalue weighted by Crippen LogP contribution is 2.38. The SMILES string of the molecule is COC(=O)c1cccc2c3c(c(=O)[nH]c12)CC(C)(C)O3. The van der Waals surface area contributed by atoms with Crippen LogP contribution in [0, 0.1) is 0 Å². The van der Waals surface area contributed by atoms with Gasteiger partial charge in [0, 0.05) is 11.8 Å². The minimum atomic E-state index is -0.483. The van der Waals surface area contributed by atoms with Crippen LogP contribution in [0.5, 0.6) is 5.75 Å². The van der Waals surface area contributed by atoms with Crippen molar-refractivity contribution >= 4 is 16.9 Å². The highest BCUT2D eigenvalue weighted by atomic mass is 16.5. The Hall–Kier alpha value is -2.30. The Kier molecular flexibility index (Phi) is 2.61. The van der Waals surface area contributed by atoms with Gasteiger partial charge in [-0.15, -0.1) is 0 Å². The Morgan fingerprint density at radius 1 is 1.40 bits per heavy atom. The second-order valence-electron chi connectivity index (χ2n) is 5.52. The van der Waals surface area contributed by atoms with Crippen LogP contribution < -0.4 is 10.3 Å². The Morgan fingerprint density at radius 2 is 2.15 bits per heavy atom. The number of fused-ring (bicyclic) bond motifs is 3. The number of methoxy groups -OCH3 is 1. The minimum absolute atomic E-state index is 0.213. The first-order chi connectivity index (χ1) is 9.43. The van der Waals surface area contributed by atoms with Crippen molar-refractivity contribution < 1.29 is 14.3 Å². The van der Waals surface area contributed by atoms with E-state index in [1.165, 1.54) is 7.11 Å². The van der Waals surface area contributed by atoms with E-state index < -0.39 is 11.6 Å². The highest BCUT2D eigenvalue weighted by Gasteiger charge is 2.34. The van der Waals surface area contributed by atoms with Crippen LogP contribution in [0.4, 0.5) is 0 Å². The predicted molar refractivity (Wildman–Crippen MR) is 74.3 cm³/mol. The number of aromatic nitrogens is 1. The van der Waals surface area contributed by atoms with E-state index >= 15 is 0 Å². The first-order valence-corrected chi connectivity index (χ1v) is 6.38. The summed E-state index contributed by atoms with van der Waals surface area (Å²) in [6.45, 7) is 3.87. The van der Waals surface area contributed by atoms with E-state index in [-0.39, 0.29) is 5.56 Å². The summed E-state index contributed by atoms with van der Waals surface area (Å²) in [5.41, 5.74) is 0.795. The van der Waals surface area contributed by atoms with E-state index in [9.17, 15) is 9.59 Å². The Labute approximate surface area is 115 Å².